The Bertz CT molecular complexity index is 346. The minimum absolute atomic E-state index is 0.176. The molecule has 1 atom stereocenters. The van der Waals surface area contributed by atoms with Crippen molar-refractivity contribution in [3.63, 3.8) is 0 Å². The lowest BCUT2D eigenvalue weighted by Crippen LogP contribution is -2.30. The maximum Gasteiger partial charge on any atom is 0.176 e. The van der Waals surface area contributed by atoms with E-state index >= 15 is 0 Å². The van der Waals surface area contributed by atoms with Crippen LogP contribution in [0.1, 0.15) is 43.1 Å². The Morgan fingerprint density at radius 2 is 2.12 bits per heavy atom. The summed E-state index contributed by atoms with van der Waals surface area (Å²) in [6.07, 6.45) is 2.02. The number of nitrogens with one attached hydrogen (secondary N) is 1. The van der Waals surface area contributed by atoms with E-state index in [2.05, 4.69) is 32.2 Å². The number of hydrogen-bond acceptors (Lipinski definition) is 2. The van der Waals surface area contributed by atoms with Crippen LogP contribution >= 0.6 is 0 Å². The second-order valence-corrected chi connectivity index (χ2v) is 4.17. The first-order chi connectivity index (χ1) is 7.67. The number of aryl methyl sites for hydroxylation is 1. The highest BCUT2D eigenvalue weighted by Crippen LogP contribution is 2.06. The predicted molar refractivity (Wildman–Crippen MR) is 67.9 cm³/mol. The van der Waals surface area contributed by atoms with Crippen molar-refractivity contribution in [1.29, 1.82) is 0 Å². The minimum atomic E-state index is 0.176. The fourth-order valence-corrected chi connectivity index (χ4v) is 1.48. The highest BCUT2D eigenvalue weighted by Gasteiger charge is 2.07. The van der Waals surface area contributed by atoms with Crippen LogP contribution in [-0.2, 0) is 6.42 Å². The summed E-state index contributed by atoms with van der Waals surface area (Å²) in [4.78, 5) is 11.9. The molecular formula is C14H21NO. The van der Waals surface area contributed by atoms with Crippen molar-refractivity contribution >= 4 is 5.78 Å². The molecule has 16 heavy (non-hydrogen) atoms. The molecular weight excluding hydrogens is 198 g/mol. The molecule has 0 saturated carbocycles. The zero-order valence-corrected chi connectivity index (χ0v) is 10.4. The Morgan fingerprint density at radius 3 is 2.75 bits per heavy atom. The third-order valence-electron chi connectivity index (χ3n) is 2.88. The van der Waals surface area contributed by atoms with Gasteiger partial charge in [-0.25, -0.2) is 0 Å². The van der Waals surface area contributed by atoms with Crippen molar-refractivity contribution in [1.82, 2.24) is 5.32 Å². The topological polar surface area (TPSA) is 29.1 Å². The van der Waals surface area contributed by atoms with E-state index in [0.717, 1.165) is 18.4 Å². The first kappa shape index (κ1) is 12.9. The van der Waals surface area contributed by atoms with Crippen LogP contribution in [0.3, 0.4) is 0 Å². The Kier molecular flexibility index (Phi) is 5.20. The van der Waals surface area contributed by atoms with E-state index in [-0.39, 0.29) is 5.78 Å². The van der Waals surface area contributed by atoms with Crippen molar-refractivity contribution in [3.05, 3.63) is 35.4 Å². The summed E-state index contributed by atoms with van der Waals surface area (Å²) >= 11 is 0. The summed E-state index contributed by atoms with van der Waals surface area (Å²) in [5.41, 5.74) is 2.03. The molecule has 0 bridgehead atoms. The molecule has 1 N–H and O–H groups in total. The number of benzene rings is 1. The Labute approximate surface area is 98.1 Å². The number of Topliss-reactive ketones (excluding diaryl/α,β-unsaturated/α-hetero) is 1. The molecule has 0 aliphatic rings. The maximum absolute atomic E-state index is 11.9. The number of ketones is 1. The van der Waals surface area contributed by atoms with Gasteiger partial charge in [-0.05, 0) is 31.4 Å². The first-order valence-electron chi connectivity index (χ1n) is 6.02. The summed E-state index contributed by atoms with van der Waals surface area (Å²) in [7, 11) is 0. The molecule has 0 heterocycles. The van der Waals surface area contributed by atoms with Crippen LogP contribution in [0.25, 0.3) is 0 Å². The molecule has 0 saturated heterocycles. The lowest BCUT2D eigenvalue weighted by Gasteiger charge is -2.10. The molecule has 1 aromatic carbocycles. The van der Waals surface area contributed by atoms with Gasteiger partial charge in [-0.3, -0.25) is 4.79 Å². The Morgan fingerprint density at radius 1 is 1.38 bits per heavy atom. The minimum Gasteiger partial charge on any atom is -0.307 e. The smallest absolute Gasteiger partial charge is 0.176 e. The summed E-state index contributed by atoms with van der Waals surface area (Å²) in [5.74, 6) is 0.176. The van der Waals surface area contributed by atoms with Gasteiger partial charge in [0.15, 0.2) is 5.78 Å². The zero-order chi connectivity index (χ0) is 12.0. The summed E-state index contributed by atoms with van der Waals surface area (Å²) < 4.78 is 0. The molecule has 0 aliphatic heterocycles. The molecule has 88 valence electrons. The Balaban J connectivity index is 2.58. The van der Waals surface area contributed by atoms with Gasteiger partial charge in [0, 0.05) is 11.6 Å². The lowest BCUT2D eigenvalue weighted by atomic mass is 10.1. The van der Waals surface area contributed by atoms with Crippen LogP contribution in [0.4, 0.5) is 0 Å². The van der Waals surface area contributed by atoms with Gasteiger partial charge in [-0.2, -0.15) is 0 Å². The van der Waals surface area contributed by atoms with Gasteiger partial charge in [0.1, 0.15) is 0 Å². The third-order valence-corrected chi connectivity index (χ3v) is 2.88. The molecule has 1 rings (SSSR count). The van der Waals surface area contributed by atoms with Crippen LogP contribution in [0.2, 0.25) is 0 Å². The number of carbonyl (C=O) groups excluding carboxylic acids is 1. The second-order valence-electron chi connectivity index (χ2n) is 4.17. The van der Waals surface area contributed by atoms with Crippen LogP contribution in [0.5, 0.6) is 0 Å². The second kappa shape index (κ2) is 6.44. The normalized spacial score (nSPS) is 12.4. The summed E-state index contributed by atoms with van der Waals surface area (Å²) in [5, 5.41) is 3.22. The maximum atomic E-state index is 11.9. The van der Waals surface area contributed by atoms with Crippen molar-refractivity contribution in [3.8, 4) is 0 Å². The molecule has 0 amide bonds. The van der Waals surface area contributed by atoms with E-state index in [9.17, 15) is 4.79 Å². The average Bonchev–Trinajstić information content (AvgIpc) is 2.35. The fourth-order valence-electron chi connectivity index (χ4n) is 1.48. The monoisotopic (exact) mass is 219 g/mol. The van der Waals surface area contributed by atoms with E-state index in [0.29, 0.717) is 12.6 Å². The molecule has 1 aromatic rings. The van der Waals surface area contributed by atoms with Crippen molar-refractivity contribution < 1.29 is 4.79 Å². The fraction of sp³-hybridized carbons (Fsp3) is 0.500. The zero-order valence-electron chi connectivity index (χ0n) is 10.4. The van der Waals surface area contributed by atoms with E-state index in [1.807, 2.05) is 18.2 Å². The SMILES string of the molecule is CCc1cccc(C(=O)CNC(C)CC)c1. The molecule has 0 aromatic heterocycles. The van der Waals surface area contributed by atoms with Gasteiger partial charge in [0.2, 0.25) is 0 Å². The van der Waals surface area contributed by atoms with Gasteiger partial charge in [0.05, 0.1) is 6.54 Å². The largest absolute Gasteiger partial charge is 0.307 e. The van der Waals surface area contributed by atoms with Crippen molar-refractivity contribution in [2.45, 2.75) is 39.7 Å². The number of hydrogen-bond donors (Lipinski definition) is 1. The summed E-state index contributed by atoms with van der Waals surface area (Å²) in [6, 6.07) is 8.28. The van der Waals surface area contributed by atoms with Gasteiger partial charge in [-0.1, -0.05) is 32.0 Å². The van der Waals surface area contributed by atoms with Crippen LogP contribution < -0.4 is 5.32 Å². The van der Waals surface area contributed by atoms with Crippen molar-refractivity contribution in [2.75, 3.05) is 6.54 Å². The average molecular weight is 219 g/mol. The van der Waals surface area contributed by atoms with Crippen LogP contribution in [0, 0.1) is 0 Å². The van der Waals surface area contributed by atoms with Gasteiger partial charge in [-0.15, -0.1) is 0 Å². The van der Waals surface area contributed by atoms with Crippen LogP contribution in [0.15, 0.2) is 24.3 Å². The van der Waals surface area contributed by atoms with E-state index in [1.54, 1.807) is 0 Å². The van der Waals surface area contributed by atoms with E-state index < -0.39 is 0 Å². The van der Waals surface area contributed by atoms with Gasteiger partial charge in [0.25, 0.3) is 0 Å². The molecule has 2 nitrogen and oxygen atoms in total. The molecule has 2 heteroatoms. The Hall–Kier alpha value is -1.15. The quantitative estimate of drug-likeness (QED) is 0.745. The number of rotatable bonds is 6. The molecule has 0 radical (unpaired) electrons. The number of carbonyl (C=O) groups is 1. The molecule has 0 spiro atoms. The lowest BCUT2D eigenvalue weighted by molar-refractivity contribution is 0.0987. The first-order valence-corrected chi connectivity index (χ1v) is 6.02. The van der Waals surface area contributed by atoms with E-state index in [1.165, 1.54) is 5.56 Å². The highest BCUT2D eigenvalue weighted by atomic mass is 16.1. The molecule has 0 aliphatic carbocycles. The standard InChI is InChI=1S/C14H21NO/c1-4-11(3)15-10-14(16)13-8-6-7-12(5-2)9-13/h6-9,11,15H,4-5,10H2,1-3H3. The predicted octanol–water partition coefficient (Wildman–Crippen LogP) is 2.82. The third kappa shape index (κ3) is 3.78. The van der Waals surface area contributed by atoms with E-state index in [4.69, 9.17) is 0 Å². The summed E-state index contributed by atoms with van der Waals surface area (Å²) in [6.45, 7) is 6.73. The van der Waals surface area contributed by atoms with Gasteiger partial charge >= 0.3 is 0 Å². The van der Waals surface area contributed by atoms with Crippen molar-refractivity contribution in [2.24, 2.45) is 0 Å². The van der Waals surface area contributed by atoms with Gasteiger partial charge < -0.3 is 5.32 Å². The van der Waals surface area contributed by atoms with Crippen LogP contribution in [-0.4, -0.2) is 18.4 Å². The molecule has 0 fully saturated rings. The highest BCUT2D eigenvalue weighted by molar-refractivity contribution is 5.97. The molecule has 1 unspecified atom stereocenters.